The van der Waals surface area contributed by atoms with Crippen LogP contribution in [0.4, 0.5) is 0 Å². The maximum Gasteiger partial charge on any atom is 0.0725 e. The van der Waals surface area contributed by atoms with E-state index in [2.05, 4.69) is 46.4 Å². The van der Waals surface area contributed by atoms with Crippen LogP contribution in [0.1, 0.15) is 41.5 Å². The van der Waals surface area contributed by atoms with Crippen LogP contribution in [0.2, 0.25) is 0 Å². The Hall–Kier alpha value is 0.270. The van der Waals surface area contributed by atoms with Gasteiger partial charge in [-0.05, 0) is 31.6 Å². The van der Waals surface area contributed by atoms with Crippen LogP contribution in [0.3, 0.4) is 0 Å². The first-order chi connectivity index (χ1) is 6.33. The Morgan fingerprint density at radius 2 is 1.43 bits per heavy atom. The minimum atomic E-state index is 0.0817. The number of rotatable bonds is 6. The number of hydrogen-bond acceptors (Lipinski definition) is 3. The molecule has 0 spiro atoms. The Morgan fingerprint density at radius 3 is 1.71 bits per heavy atom. The third kappa shape index (κ3) is 4.20. The van der Waals surface area contributed by atoms with Crippen molar-refractivity contribution in [1.82, 2.24) is 0 Å². The van der Waals surface area contributed by atoms with Gasteiger partial charge in [0, 0.05) is 16.8 Å². The SMILES string of the molecule is COOSC(C)(C)C(C(C)C)C(C)C. The molecule has 0 atom stereocenters. The van der Waals surface area contributed by atoms with Crippen molar-refractivity contribution in [3.63, 3.8) is 0 Å². The fourth-order valence-electron chi connectivity index (χ4n) is 2.55. The molecule has 0 fully saturated rings. The van der Waals surface area contributed by atoms with E-state index < -0.39 is 0 Å². The Kier molecular flexibility index (Phi) is 6.10. The summed E-state index contributed by atoms with van der Waals surface area (Å²) in [5.41, 5.74) is 0. The summed E-state index contributed by atoms with van der Waals surface area (Å²) >= 11 is 1.42. The van der Waals surface area contributed by atoms with Crippen LogP contribution in [0.5, 0.6) is 0 Å². The molecule has 0 aromatic carbocycles. The van der Waals surface area contributed by atoms with E-state index in [0.29, 0.717) is 17.8 Å². The Bertz CT molecular complexity index is 147. The standard InChI is InChI=1S/C11H24O2S/c1-8(2)10(9(3)4)11(5,6)14-13-12-7/h8-10H,1-7H3. The minimum Gasteiger partial charge on any atom is -0.228 e. The first kappa shape index (κ1) is 14.3. The van der Waals surface area contributed by atoms with Crippen LogP contribution in [-0.2, 0) is 9.22 Å². The molecule has 86 valence electrons. The van der Waals surface area contributed by atoms with Crippen molar-refractivity contribution in [2.45, 2.75) is 46.3 Å². The lowest BCUT2D eigenvalue weighted by Crippen LogP contribution is -2.35. The van der Waals surface area contributed by atoms with Crippen molar-refractivity contribution < 1.29 is 9.22 Å². The van der Waals surface area contributed by atoms with Gasteiger partial charge in [-0.15, -0.1) is 0 Å². The quantitative estimate of drug-likeness (QED) is 0.384. The van der Waals surface area contributed by atoms with Gasteiger partial charge in [0.15, 0.2) is 0 Å². The fourth-order valence-corrected chi connectivity index (χ4v) is 3.45. The summed E-state index contributed by atoms with van der Waals surface area (Å²) in [5, 5.41) is 0. The largest absolute Gasteiger partial charge is 0.228 e. The molecule has 0 aliphatic carbocycles. The first-order valence-electron chi connectivity index (χ1n) is 5.21. The molecule has 3 heteroatoms. The highest BCUT2D eigenvalue weighted by atomic mass is 32.2. The normalized spacial score (nSPS) is 13.3. The van der Waals surface area contributed by atoms with Gasteiger partial charge in [-0.2, -0.15) is 4.33 Å². The topological polar surface area (TPSA) is 18.5 Å². The smallest absolute Gasteiger partial charge is 0.0725 e. The summed E-state index contributed by atoms with van der Waals surface area (Å²) in [7, 11) is 1.54. The van der Waals surface area contributed by atoms with Crippen LogP contribution in [0.25, 0.3) is 0 Å². The molecule has 0 aromatic rings. The van der Waals surface area contributed by atoms with Crippen LogP contribution >= 0.6 is 12.0 Å². The molecule has 0 aromatic heterocycles. The van der Waals surface area contributed by atoms with E-state index in [9.17, 15) is 0 Å². The molecule has 0 saturated carbocycles. The second-order valence-electron chi connectivity index (χ2n) is 4.94. The molecular weight excluding hydrogens is 196 g/mol. The molecule has 0 rings (SSSR count). The van der Waals surface area contributed by atoms with Crippen LogP contribution in [0.15, 0.2) is 0 Å². The van der Waals surface area contributed by atoms with Crippen LogP contribution < -0.4 is 0 Å². The first-order valence-corrected chi connectivity index (χ1v) is 5.95. The Balaban J connectivity index is 4.45. The van der Waals surface area contributed by atoms with Crippen molar-refractivity contribution in [1.29, 1.82) is 0 Å². The van der Waals surface area contributed by atoms with E-state index in [1.165, 1.54) is 12.0 Å². The zero-order chi connectivity index (χ0) is 11.4. The summed E-state index contributed by atoms with van der Waals surface area (Å²) in [4.78, 5) is 4.65. The molecule has 0 radical (unpaired) electrons. The maximum atomic E-state index is 5.00. The van der Waals surface area contributed by atoms with Gasteiger partial charge < -0.3 is 0 Å². The average Bonchev–Trinajstić information content (AvgIpc) is 1.98. The Labute approximate surface area is 92.9 Å². The monoisotopic (exact) mass is 220 g/mol. The molecule has 0 unspecified atom stereocenters. The summed E-state index contributed by atoms with van der Waals surface area (Å²) in [6.07, 6.45) is 0. The van der Waals surface area contributed by atoms with Crippen molar-refractivity contribution in [3.05, 3.63) is 0 Å². The van der Waals surface area contributed by atoms with E-state index >= 15 is 0 Å². The highest BCUT2D eigenvalue weighted by molar-refractivity contribution is 7.95. The van der Waals surface area contributed by atoms with Gasteiger partial charge in [0.1, 0.15) is 0 Å². The molecule has 2 nitrogen and oxygen atoms in total. The lowest BCUT2D eigenvalue weighted by molar-refractivity contribution is -0.162. The molecule has 0 heterocycles. The molecule has 0 aliphatic heterocycles. The number of hydrogen-bond donors (Lipinski definition) is 0. The highest BCUT2D eigenvalue weighted by Gasteiger charge is 2.35. The Morgan fingerprint density at radius 1 is 1.00 bits per heavy atom. The van der Waals surface area contributed by atoms with Gasteiger partial charge in [0.05, 0.1) is 7.11 Å². The van der Waals surface area contributed by atoms with Gasteiger partial charge in [0.2, 0.25) is 0 Å². The van der Waals surface area contributed by atoms with Gasteiger partial charge >= 0.3 is 0 Å². The second-order valence-corrected chi connectivity index (χ2v) is 6.29. The third-order valence-corrected chi connectivity index (χ3v) is 3.46. The molecule has 14 heavy (non-hydrogen) atoms. The van der Waals surface area contributed by atoms with Crippen LogP contribution in [0, 0.1) is 17.8 Å². The van der Waals surface area contributed by atoms with Crippen molar-refractivity contribution in [2.24, 2.45) is 17.8 Å². The van der Waals surface area contributed by atoms with Crippen molar-refractivity contribution >= 4 is 12.0 Å². The molecule has 0 amide bonds. The summed E-state index contributed by atoms with van der Waals surface area (Å²) in [6, 6.07) is 0. The van der Waals surface area contributed by atoms with Gasteiger partial charge in [-0.1, -0.05) is 27.7 Å². The highest BCUT2D eigenvalue weighted by Crippen LogP contribution is 2.41. The molecule has 0 saturated heterocycles. The summed E-state index contributed by atoms with van der Waals surface area (Å²) in [5.74, 6) is 1.92. The fraction of sp³-hybridized carbons (Fsp3) is 1.00. The summed E-state index contributed by atoms with van der Waals surface area (Å²) < 4.78 is 5.08. The zero-order valence-electron chi connectivity index (χ0n) is 10.5. The van der Waals surface area contributed by atoms with Crippen LogP contribution in [-0.4, -0.2) is 11.9 Å². The predicted octanol–water partition coefficient (Wildman–Crippen LogP) is 3.92. The molecular formula is C11H24O2S. The van der Waals surface area contributed by atoms with Gasteiger partial charge in [-0.25, -0.2) is 4.89 Å². The second kappa shape index (κ2) is 5.99. The third-order valence-electron chi connectivity index (χ3n) is 2.56. The zero-order valence-corrected chi connectivity index (χ0v) is 11.3. The molecule has 0 aliphatic rings. The predicted molar refractivity (Wildman–Crippen MR) is 62.9 cm³/mol. The van der Waals surface area contributed by atoms with Crippen molar-refractivity contribution in [3.8, 4) is 0 Å². The minimum absolute atomic E-state index is 0.0817. The van der Waals surface area contributed by atoms with E-state index in [1.807, 2.05) is 0 Å². The maximum absolute atomic E-state index is 5.00. The lowest BCUT2D eigenvalue weighted by Gasteiger charge is -2.37. The van der Waals surface area contributed by atoms with Gasteiger partial charge in [-0.3, -0.25) is 0 Å². The lowest BCUT2D eigenvalue weighted by atomic mass is 9.77. The molecule has 0 bridgehead atoms. The van der Waals surface area contributed by atoms with E-state index in [-0.39, 0.29) is 4.75 Å². The van der Waals surface area contributed by atoms with Crippen molar-refractivity contribution in [2.75, 3.05) is 7.11 Å². The van der Waals surface area contributed by atoms with E-state index in [0.717, 1.165) is 0 Å². The van der Waals surface area contributed by atoms with E-state index in [4.69, 9.17) is 4.33 Å². The van der Waals surface area contributed by atoms with E-state index in [1.54, 1.807) is 7.11 Å². The van der Waals surface area contributed by atoms with Gasteiger partial charge in [0.25, 0.3) is 0 Å². The average molecular weight is 220 g/mol. The molecule has 0 N–H and O–H groups in total. The summed E-state index contributed by atoms with van der Waals surface area (Å²) in [6.45, 7) is 13.5.